The third-order valence-electron chi connectivity index (χ3n) is 2.46. The minimum absolute atomic E-state index is 0.503. The number of nitrogen functional groups attached to an aromatic ring is 2. The molecule has 5 heteroatoms. The predicted molar refractivity (Wildman–Crippen MR) is 67.6 cm³/mol. The van der Waals surface area contributed by atoms with Crippen LogP contribution in [0.1, 0.15) is 0 Å². The van der Waals surface area contributed by atoms with Gasteiger partial charge in [-0.15, -0.1) is 0 Å². The van der Waals surface area contributed by atoms with Gasteiger partial charge < -0.3 is 26.3 Å². The Bertz CT molecular complexity index is 322. The Morgan fingerprint density at radius 1 is 1.06 bits per heavy atom. The molecule has 0 amide bonds. The lowest BCUT2D eigenvalue weighted by atomic mass is 10.3. The van der Waals surface area contributed by atoms with Crippen LogP contribution in [0.3, 0.4) is 0 Å². The van der Waals surface area contributed by atoms with Crippen LogP contribution in [0.2, 0.25) is 0 Å². The molecule has 2 aliphatic rings. The molecule has 0 radical (unpaired) electrons. The van der Waals surface area contributed by atoms with E-state index in [1.54, 1.807) is 18.2 Å². The molecule has 2 unspecified atom stereocenters. The van der Waals surface area contributed by atoms with Crippen molar-refractivity contribution in [1.82, 2.24) is 5.32 Å². The normalized spacial score (nSPS) is 24.7. The van der Waals surface area contributed by atoms with Gasteiger partial charge >= 0.3 is 0 Å². The second-order valence-electron chi connectivity index (χ2n) is 4.24. The molecule has 2 heterocycles. The molecule has 17 heavy (non-hydrogen) atoms. The van der Waals surface area contributed by atoms with Crippen molar-refractivity contribution in [3.8, 4) is 0 Å². The zero-order valence-corrected chi connectivity index (χ0v) is 9.76. The van der Waals surface area contributed by atoms with E-state index < -0.39 is 0 Å². The fourth-order valence-electron chi connectivity index (χ4n) is 1.34. The molecule has 2 saturated heterocycles. The van der Waals surface area contributed by atoms with Crippen molar-refractivity contribution >= 4 is 11.4 Å². The molecule has 0 bridgehead atoms. The van der Waals surface area contributed by atoms with Crippen LogP contribution in [-0.2, 0) is 9.47 Å². The molecule has 0 aromatic heterocycles. The van der Waals surface area contributed by atoms with Gasteiger partial charge in [-0.2, -0.15) is 0 Å². The summed E-state index contributed by atoms with van der Waals surface area (Å²) in [6.45, 7) is 3.89. The van der Waals surface area contributed by atoms with Crippen LogP contribution >= 0.6 is 0 Å². The van der Waals surface area contributed by atoms with Gasteiger partial charge in [-0.1, -0.05) is 6.07 Å². The number of benzene rings is 1. The topological polar surface area (TPSA) is 89.1 Å². The largest absolute Gasteiger partial charge is 0.399 e. The van der Waals surface area contributed by atoms with Crippen LogP contribution in [0.4, 0.5) is 11.4 Å². The Kier molecular flexibility index (Phi) is 4.19. The minimum Gasteiger partial charge on any atom is -0.399 e. The van der Waals surface area contributed by atoms with Crippen molar-refractivity contribution in [2.24, 2.45) is 0 Å². The third kappa shape index (κ3) is 5.53. The summed E-state index contributed by atoms with van der Waals surface area (Å²) in [7, 11) is 0. The highest BCUT2D eigenvalue weighted by Crippen LogP contribution is 2.09. The first-order chi connectivity index (χ1) is 8.24. The zero-order valence-electron chi connectivity index (χ0n) is 9.76. The number of nitrogens with one attached hydrogen (secondary N) is 1. The predicted octanol–water partition coefficient (Wildman–Crippen LogP) is 0.225. The molecular formula is C12H19N3O2. The Morgan fingerprint density at radius 2 is 1.53 bits per heavy atom. The molecule has 2 fully saturated rings. The van der Waals surface area contributed by atoms with E-state index in [2.05, 4.69) is 5.32 Å². The lowest BCUT2D eigenvalue weighted by Crippen LogP contribution is -2.24. The SMILES string of the molecule is C(NCC1CO1)C1CO1.Nc1cccc(N)c1. The molecule has 2 atom stereocenters. The van der Waals surface area contributed by atoms with Gasteiger partial charge in [0.05, 0.1) is 25.4 Å². The van der Waals surface area contributed by atoms with Gasteiger partial charge in [0.25, 0.3) is 0 Å². The van der Waals surface area contributed by atoms with E-state index in [-0.39, 0.29) is 0 Å². The van der Waals surface area contributed by atoms with Crippen molar-refractivity contribution in [3.63, 3.8) is 0 Å². The van der Waals surface area contributed by atoms with Crippen molar-refractivity contribution in [2.75, 3.05) is 37.8 Å². The average molecular weight is 237 g/mol. The Hall–Kier alpha value is -1.30. The Balaban J connectivity index is 0.000000128. The first-order valence-electron chi connectivity index (χ1n) is 5.79. The summed E-state index contributed by atoms with van der Waals surface area (Å²) < 4.78 is 10.0. The number of epoxide rings is 2. The second-order valence-corrected chi connectivity index (χ2v) is 4.24. The Morgan fingerprint density at radius 3 is 1.82 bits per heavy atom. The van der Waals surface area contributed by atoms with Crippen molar-refractivity contribution in [1.29, 1.82) is 0 Å². The Labute approximate surface area is 101 Å². The van der Waals surface area contributed by atoms with Crippen molar-refractivity contribution in [3.05, 3.63) is 24.3 Å². The van der Waals surface area contributed by atoms with E-state index in [0.29, 0.717) is 23.6 Å². The number of nitrogens with two attached hydrogens (primary N) is 2. The van der Waals surface area contributed by atoms with Gasteiger partial charge in [0, 0.05) is 24.5 Å². The van der Waals surface area contributed by atoms with Gasteiger partial charge in [0.15, 0.2) is 0 Å². The molecule has 0 aliphatic carbocycles. The van der Waals surface area contributed by atoms with E-state index in [9.17, 15) is 0 Å². The molecule has 94 valence electrons. The van der Waals surface area contributed by atoms with Gasteiger partial charge in [-0.25, -0.2) is 0 Å². The maximum Gasteiger partial charge on any atom is 0.0933 e. The second kappa shape index (κ2) is 5.86. The first-order valence-corrected chi connectivity index (χ1v) is 5.79. The lowest BCUT2D eigenvalue weighted by Gasteiger charge is -1.95. The summed E-state index contributed by atoms with van der Waals surface area (Å²) in [4.78, 5) is 0. The maximum absolute atomic E-state index is 5.38. The van der Waals surface area contributed by atoms with Gasteiger partial charge in [0.1, 0.15) is 0 Å². The summed E-state index contributed by atoms with van der Waals surface area (Å²) in [6, 6.07) is 7.15. The molecule has 0 saturated carbocycles. The zero-order chi connectivity index (χ0) is 12.1. The summed E-state index contributed by atoms with van der Waals surface area (Å²) in [5.41, 5.74) is 12.2. The molecule has 5 N–H and O–H groups in total. The highest BCUT2D eigenvalue weighted by molar-refractivity contribution is 5.50. The molecule has 5 nitrogen and oxygen atoms in total. The third-order valence-corrected chi connectivity index (χ3v) is 2.46. The maximum atomic E-state index is 5.38. The van der Waals surface area contributed by atoms with E-state index in [0.717, 1.165) is 26.3 Å². The van der Waals surface area contributed by atoms with Crippen LogP contribution in [0, 0.1) is 0 Å². The highest BCUT2D eigenvalue weighted by Gasteiger charge is 2.25. The lowest BCUT2D eigenvalue weighted by molar-refractivity contribution is 0.373. The fourth-order valence-corrected chi connectivity index (χ4v) is 1.34. The van der Waals surface area contributed by atoms with Crippen LogP contribution in [0.15, 0.2) is 24.3 Å². The van der Waals surface area contributed by atoms with Crippen LogP contribution in [0.25, 0.3) is 0 Å². The van der Waals surface area contributed by atoms with Gasteiger partial charge in [-0.05, 0) is 18.2 Å². The van der Waals surface area contributed by atoms with E-state index in [1.165, 1.54) is 0 Å². The average Bonchev–Trinajstić information content (AvgIpc) is 3.13. The number of hydrogen-bond acceptors (Lipinski definition) is 5. The summed E-state index contributed by atoms with van der Waals surface area (Å²) in [5, 5.41) is 3.26. The number of anilines is 2. The highest BCUT2D eigenvalue weighted by atomic mass is 16.6. The van der Waals surface area contributed by atoms with E-state index in [1.807, 2.05) is 6.07 Å². The van der Waals surface area contributed by atoms with Crippen LogP contribution < -0.4 is 16.8 Å². The van der Waals surface area contributed by atoms with Crippen molar-refractivity contribution in [2.45, 2.75) is 12.2 Å². The first kappa shape index (κ1) is 12.2. The summed E-state index contributed by atoms with van der Waals surface area (Å²) in [6.07, 6.45) is 1.01. The van der Waals surface area contributed by atoms with E-state index in [4.69, 9.17) is 20.9 Å². The van der Waals surface area contributed by atoms with Crippen molar-refractivity contribution < 1.29 is 9.47 Å². The van der Waals surface area contributed by atoms with Crippen LogP contribution in [-0.4, -0.2) is 38.5 Å². The number of hydrogen-bond donors (Lipinski definition) is 3. The standard InChI is InChI=1S/C6H8N2.C6H11NO2/c7-5-2-1-3-6(8)4-5;1(5-3-8-5)7-2-6-4-9-6/h1-4H,7-8H2;5-7H,1-4H2. The summed E-state index contributed by atoms with van der Waals surface area (Å²) >= 11 is 0. The summed E-state index contributed by atoms with van der Waals surface area (Å²) in [5.74, 6) is 0. The molecule has 1 aromatic carbocycles. The van der Waals surface area contributed by atoms with E-state index >= 15 is 0 Å². The molecule has 1 aromatic rings. The monoisotopic (exact) mass is 237 g/mol. The fraction of sp³-hybridized carbons (Fsp3) is 0.500. The quantitative estimate of drug-likeness (QED) is 0.515. The van der Waals surface area contributed by atoms with Gasteiger partial charge in [0.2, 0.25) is 0 Å². The number of ether oxygens (including phenoxy) is 2. The molecule has 2 aliphatic heterocycles. The van der Waals surface area contributed by atoms with Gasteiger partial charge in [-0.3, -0.25) is 0 Å². The molecule has 0 spiro atoms. The smallest absolute Gasteiger partial charge is 0.0933 e. The van der Waals surface area contributed by atoms with Crippen LogP contribution in [0.5, 0.6) is 0 Å². The number of rotatable bonds is 4. The minimum atomic E-state index is 0.503. The molecule has 3 rings (SSSR count). The molecular weight excluding hydrogens is 218 g/mol.